The summed E-state index contributed by atoms with van der Waals surface area (Å²) in [7, 11) is 0. The Morgan fingerprint density at radius 1 is 1.19 bits per heavy atom. The topological polar surface area (TPSA) is 112 Å². The van der Waals surface area contributed by atoms with Crippen molar-refractivity contribution in [2.75, 3.05) is 0 Å². The van der Waals surface area contributed by atoms with Crippen molar-refractivity contribution in [3.8, 4) is 0 Å². The number of carboxylic acids is 1. The van der Waals surface area contributed by atoms with Crippen molar-refractivity contribution in [3.05, 3.63) is 12.2 Å². The minimum Gasteiger partial charge on any atom is -0.481 e. The molecule has 148 valence electrons. The van der Waals surface area contributed by atoms with Crippen molar-refractivity contribution in [1.82, 2.24) is 0 Å². The van der Waals surface area contributed by atoms with Gasteiger partial charge in [0, 0.05) is 37.5 Å². The van der Waals surface area contributed by atoms with Crippen LogP contribution in [-0.2, 0) is 14.4 Å². The standard InChI is InChI=1S/C20H32O6/c1-2-3-4-7-14(21)10-11-16-17(19(24)13-18(16)23)12-15(22)8-5-6-9-20(25)26/h10-11,14,16-18,21,23H,2-9,12-13H2,1H3,(H,25,26)/b11-10+/t14-,16+,17-,18-/m0/s1. The van der Waals surface area contributed by atoms with Gasteiger partial charge in [-0.15, -0.1) is 0 Å². The fraction of sp³-hybridized carbons (Fsp3) is 0.750. The van der Waals surface area contributed by atoms with Crippen LogP contribution in [0.2, 0.25) is 0 Å². The molecule has 3 N–H and O–H groups in total. The molecular formula is C20H32O6. The molecule has 1 aliphatic rings. The SMILES string of the molecule is CCCCC[C@H](O)/C=C/[C@@H]1[C@H](CC(=O)CCCCC(=O)O)C(=O)C[C@@H]1O. The Labute approximate surface area is 155 Å². The van der Waals surface area contributed by atoms with E-state index in [1.807, 2.05) is 0 Å². The number of aliphatic carboxylic acids is 1. The number of Topliss-reactive ketones (excluding diaryl/α,β-unsaturated/α-hetero) is 2. The van der Waals surface area contributed by atoms with E-state index in [1.165, 1.54) is 0 Å². The molecule has 0 heterocycles. The molecule has 0 aromatic rings. The molecule has 6 nitrogen and oxygen atoms in total. The highest BCUT2D eigenvalue weighted by Gasteiger charge is 2.40. The zero-order chi connectivity index (χ0) is 19.5. The molecule has 0 bridgehead atoms. The fourth-order valence-corrected chi connectivity index (χ4v) is 3.39. The number of carbonyl (C=O) groups is 3. The molecule has 0 unspecified atom stereocenters. The summed E-state index contributed by atoms with van der Waals surface area (Å²) < 4.78 is 0. The Balaban J connectivity index is 2.51. The van der Waals surface area contributed by atoms with Crippen molar-refractivity contribution in [3.63, 3.8) is 0 Å². The van der Waals surface area contributed by atoms with E-state index in [2.05, 4.69) is 6.92 Å². The third-order valence-electron chi connectivity index (χ3n) is 4.94. The lowest BCUT2D eigenvalue weighted by atomic mass is 9.88. The first-order valence-electron chi connectivity index (χ1n) is 9.65. The first-order valence-corrected chi connectivity index (χ1v) is 9.65. The van der Waals surface area contributed by atoms with Crippen LogP contribution >= 0.6 is 0 Å². The molecule has 4 atom stereocenters. The molecule has 0 aromatic carbocycles. The number of ketones is 2. The Hall–Kier alpha value is -1.53. The third-order valence-corrected chi connectivity index (χ3v) is 4.94. The maximum Gasteiger partial charge on any atom is 0.303 e. The zero-order valence-corrected chi connectivity index (χ0v) is 15.6. The highest BCUT2D eigenvalue weighted by molar-refractivity contribution is 5.90. The van der Waals surface area contributed by atoms with Crippen LogP contribution in [-0.4, -0.2) is 45.1 Å². The van der Waals surface area contributed by atoms with E-state index in [-0.39, 0.29) is 37.2 Å². The van der Waals surface area contributed by atoms with Gasteiger partial charge in [0.05, 0.1) is 12.2 Å². The maximum atomic E-state index is 12.1. The summed E-state index contributed by atoms with van der Waals surface area (Å²) in [5, 5.41) is 28.7. The van der Waals surface area contributed by atoms with Gasteiger partial charge in [-0.2, -0.15) is 0 Å². The number of aliphatic hydroxyl groups excluding tert-OH is 2. The average Bonchev–Trinajstić information content (AvgIpc) is 2.83. The fourth-order valence-electron chi connectivity index (χ4n) is 3.39. The lowest BCUT2D eigenvalue weighted by molar-refractivity contribution is -0.137. The highest BCUT2D eigenvalue weighted by atomic mass is 16.4. The number of aliphatic hydroxyl groups is 2. The summed E-state index contributed by atoms with van der Waals surface area (Å²) in [4.78, 5) is 34.7. The van der Waals surface area contributed by atoms with Gasteiger partial charge < -0.3 is 15.3 Å². The quantitative estimate of drug-likeness (QED) is 0.340. The van der Waals surface area contributed by atoms with Gasteiger partial charge in [-0.1, -0.05) is 38.3 Å². The van der Waals surface area contributed by atoms with Crippen molar-refractivity contribution < 1.29 is 29.7 Å². The van der Waals surface area contributed by atoms with Crippen LogP contribution in [0.1, 0.15) is 71.1 Å². The Bertz CT molecular complexity index is 499. The normalized spacial score (nSPS) is 24.3. The van der Waals surface area contributed by atoms with Crippen LogP contribution < -0.4 is 0 Å². The smallest absolute Gasteiger partial charge is 0.303 e. The van der Waals surface area contributed by atoms with Crippen LogP contribution in [0.3, 0.4) is 0 Å². The summed E-state index contributed by atoms with van der Waals surface area (Å²) in [6.07, 6.45) is 6.93. The summed E-state index contributed by atoms with van der Waals surface area (Å²) in [5.41, 5.74) is 0. The molecule has 0 saturated heterocycles. The van der Waals surface area contributed by atoms with Crippen molar-refractivity contribution >= 4 is 17.5 Å². The predicted molar refractivity (Wildman–Crippen MR) is 97.6 cm³/mol. The Kier molecular flexibility index (Phi) is 10.4. The van der Waals surface area contributed by atoms with E-state index in [9.17, 15) is 24.6 Å². The molecule has 1 rings (SSSR count). The van der Waals surface area contributed by atoms with E-state index in [4.69, 9.17) is 5.11 Å². The molecule has 0 spiro atoms. The third kappa shape index (κ3) is 8.23. The lowest BCUT2D eigenvalue weighted by Crippen LogP contribution is -2.22. The first kappa shape index (κ1) is 22.5. The van der Waals surface area contributed by atoms with Gasteiger partial charge in [0.25, 0.3) is 0 Å². The molecule has 0 aromatic heterocycles. The van der Waals surface area contributed by atoms with Gasteiger partial charge in [0.1, 0.15) is 11.6 Å². The number of carbonyl (C=O) groups excluding carboxylic acids is 2. The van der Waals surface area contributed by atoms with Gasteiger partial charge in [0.15, 0.2) is 0 Å². The Morgan fingerprint density at radius 2 is 1.88 bits per heavy atom. The summed E-state index contributed by atoms with van der Waals surface area (Å²) in [6.45, 7) is 2.09. The minimum atomic E-state index is -0.880. The van der Waals surface area contributed by atoms with Crippen LogP contribution in [0, 0.1) is 11.8 Å². The number of hydrogen-bond donors (Lipinski definition) is 3. The van der Waals surface area contributed by atoms with E-state index < -0.39 is 30.0 Å². The molecule has 1 aliphatic carbocycles. The van der Waals surface area contributed by atoms with Gasteiger partial charge in [-0.3, -0.25) is 14.4 Å². The number of rotatable bonds is 13. The second-order valence-corrected chi connectivity index (χ2v) is 7.21. The predicted octanol–water partition coefficient (Wildman–Crippen LogP) is 2.65. The first-order chi connectivity index (χ1) is 12.3. The monoisotopic (exact) mass is 368 g/mol. The molecule has 26 heavy (non-hydrogen) atoms. The van der Waals surface area contributed by atoms with Crippen molar-refractivity contribution in [2.45, 2.75) is 83.3 Å². The molecule has 1 saturated carbocycles. The van der Waals surface area contributed by atoms with E-state index in [0.29, 0.717) is 19.3 Å². The molecule has 1 fully saturated rings. The Morgan fingerprint density at radius 3 is 2.54 bits per heavy atom. The summed E-state index contributed by atoms with van der Waals surface area (Å²) in [6, 6.07) is 0. The highest BCUT2D eigenvalue weighted by Crippen LogP contribution is 2.33. The van der Waals surface area contributed by atoms with E-state index in [1.54, 1.807) is 12.2 Å². The maximum absolute atomic E-state index is 12.1. The average molecular weight is 368 g/mol. The summed E-state index contributed by atoms with van der Waals surface area (Å²) in [5.74, 6) is -2.06. The van der Waals surface area contributed by atoms with Crippen molar-refractivity contribution in [1.29, 1.82) is 0 Å². The molecule has 0 aliphatic heterocycles. The van der Waals surface area contributed by atoms with E-state index >= 15 is 0 Å². The second-order valence-electron chi connectivity index (χ2n) is 7.21. The zero-order valence-electron chi connectivity index (χ0n) is 15.6. The van der Waals surface area contributed by atoms with E-state index in [0.717, 1.165) is 19.3 Å². The van der Waals surface area contributed by atoms with Gasteiger partial charge in [-0.05, 0) is 19.3 Å². The van der Waals surface area contributed by atoms with Gasteiger partial charge in [0.2, 0.25) is 0 Å². The second kappa shape index (κ2) is 12.0. The minimum absolute atomic E-state index is 0.0373. The molecule has 0 amide bonds. The number of unbranched alkanes of at least 4 members (excludes halogenated alkanes) is 3. The molecule has 0 radical (unpaired) electrons. The van der Waals surface area contributed by atoms with Gasteiger partial charge in [-0.25, -0.2) is 0 Å². The van der Waals surface area contributed by atoms with Crippen LogP contribution in [0.15, 0.2) is 12.2 Å². The molecular weight excluding hydrogens is 336 g/mol. The summed E-state index contributed by atoms with van der Waals surface area (Å²) >= 11 is 0. The number of carboxylic acid groups (broad SMARTS) is 1. The molecule has 6 heteroatoms. The van der Waals surface area contributed by atoms with Gasteiger partial charge >= 0.3 is 5.97 Å². The van der Waals surface area contributed by atoms with Crippen LogP contribution in [0.4, 0.5) is 0 Å². The van der Waals surface area contributed by atoms with Crippen LogP contribution in [0.25, 0.3) is 0 Å². The van der Waals surface area contributed by atoms with Crippen LogP contribution in [0.5, 0.6) is 0 Å². The van der Waals surface area contributed by atoms with Crippen molar-refractivity contribution in [2.24, 2.45) is 11.8 Å². The lowest BCUT2D eigenvalue weighted by Gasteiger charge is -2.17. The number of hydrogen-bond acceptors (Lipinski definition) is 5. The largest absolute Gasteiger partial charge is 0.481 e.